The molecule has 0 aliphatic carbocycles. The average Bonchev–Trinajstić information content (AvgIpc) is 3.46. The highest BCUT2D eigenvalue weighted by Gasteiger charge is 2.24. The number of imidazole rings is 1. The van der Waals surface area contributed by atoms with E-state index in [1.807, 2.05) is 25.1 Å². The molecule has 0 bridgehead atoms. The predicted octanol–water partition coefficient (Wildman–Crippen LogP) is 2.14. The highest BCUT2D eigenvalue weighted by molar-refractivity contribution is 6.10. The van der Waals surface area contributed by atoms with Gasteiger partial charge in [-0.2, -0.15) is 0 Å². The van der Waals surface area contributed by atoms with E-state index in [-0.39, 0.29) is 18.4 Å². The summed E-state index contributed by atoms with van der Waals surface area (Å²) in [6.45, 7) is 2.59. The number of fused-ring (bicyclic) bond motifs is 1. The number of hydrogen-bond donors (Lipinski definition) is 2. The van der Waals surface area contributed by atoms with Crippen LogP contribution in [0.5, 0.6) is 11.5 Å². The normalized spacial score (nSPS) is 13.1. The van der Waals surface area contributed by atoms with E-state index in [1.54, 1.807) is 35.6 Å². The largest absolute Gasteiger partial charge is 0.454 e. The topological polar surface area (TPSA) is 115 Å². The van der Waals surface area contributed by atoms with Gasteiger partial charge < -0.3 is 20.2 Å². The van der Waals surface area contributed by atoms with Gasteiger partial charge in [0, 0.05) is 25.1 Å². The number of aromatic nitrogens is 4. The lowest BCUT2D eigenvalue weighted by atomic mass is 9.96. The van der Waals surface area contributed by atoms with E-state index >= 15 is 0 Å². The summed E-state index contributed by atoms with van der Waals surface area (Å²) in [5.74, 6) is 1.10. The SMILES string of the molecule is CCC(C(=N)c1ccnc(-n2ccnc2)n1)C(=O)NCCc1ccc2c(c1)OCO2. The quantitative estimate of drug-likeness (QED) is 0.554. The average molecular weight is 406 g/mol. The first-order valence-corrected chi connectivity index (χ1v) is 9.72. The Hall–Kier alpha value is -3.75. The van der Waals surface area contributed by atoms with Crippen molar-refractivity contribution in [3.05, 3.63) is 60.4 Å². The Balaban J connectivity index is 1.37. The molecule has 9 heteroatoms. The van der Waals surface area contributed by atoms with Crippen molar-refractivity contribution < 1.29 is 14.3 Å². The van der Waals surface area contributed by atoms with Crippen LogP contribution in [-0.4, -0.2) is 44.5 Å². The molecule has 154 valence electrons. The molecule has 2 N–H and O–H groups in total. The Morgan fingerprint density at radius 2 is 2.13 bits per heavy atom. The van der Waals surface area contributed by atoms with Crippen molar-refractivity contribution in [2.45, 2.75) is 19.8 Å². The van der Waals surface area contributed by atoms with Gasteiger partial charge in [0.2, 0.25) is 18.6 Å². The maximum Gasteiger partial charge on any atom is 0.235 e. The molecule has 9 nitrogen and oxygen atoms in total. The highest BCUT2D eigenvalue weighted by Crippen LogP contribution is 2.32. The molecule has 0 spiro atoms. The van der Waals surface area contributed by atoms with Gasteiger partial charge in [-0.15, -0.1) is 0 Å². The molecule has 3 heterocycles. The molecule has 1 aromatic carbocycles. The molecular formula is C21H22N6O3. The van der Waals surface area contributed by atoms with E-state index in [4.69, 9.17) is 14.9 Å². The number of ether oxygens (including phenoxy) is 2. The van der Waals surface area contributed by atoms with E-state index in [0.29, 0.717) is 31.0 Å². The minimum absolute atomic E-state index is 0.168. The first kappa shape index (κ1) is 19.6. The Morgan fingerprint density at radius 3 is 2.93 bits per heavy atom. The van der Waals surface area contributed by atoms with Crippen molar-refractivity contribution in [1.82, 2.24) is 24.8 Å². The second-order valence-corrected chi connectivity index (χ2v) is 6.81. The molecule has 0 saturated heterocycles. The summed E-state index contributed by atoms with van der Waals surface area (Å²) in [5.41, 5.74) is 1.64. The lowest BCUT2D eigenvalue weighted by molar-refractivity contribution is -0.123. The Labute approximate surface area is 173 Å². The van der Waals surface area contributed by atoms with E-state index in [2.05, 4.69) is 20.3 Å². The smallest absolute Gasteiger partial charge is 0.235 e. The van der Waals surface area contributed by atoms with Crippen molar-refractivity contribution in [3.8, 4) is 17.4 Å². The summed E-state index contributed by atoms with van der Waals surface area (Å²) in [6.07, 6.45) is 7.68. The van der Waals surface area contributed by atoms with Crippen LogP contribution in [0.4, 0.5) is 0 Å². The van der Waals surface area contributed by atoms with Crippen LogP contribution in [0.15, 0.2) is 49.2 Å². The molecule has 0 radical (unpaired) electrons. The van der Waals surface area contributed by atoms with Crippen LogP contribution in [0.2, 0.25) is 0 Å². The van der Waals surface area contributed by atoms with Crippen LogP contribution in [0.1, 0.15) is 24.6 Å². The number of nitrogens with one attached hydrogen (secondary N) is 2. The minimum atomic E-state index is -0.590. The molecular weight excluding hydrogens is 384 g/mol. The fourth-order valence-electron chi connectivity index (χ4n) is 3.25. The first-order chi connectivity index (χ1) is 14.7. The molecule has 1 amide bonds. The third kappa shape index (κ3) is 4.14. The van der Waals surface area contributed by atoms with E-state index < -0.39 is 5.92 Å². The van der Waals surface area contributed by atoms with Gasteiger partial charge in [0.05, 0.1) is 17.3 Å². The van der Waals surface area contributed by atoms with Crippen molar-refractivity contribution in [3.63, 3.8) is 0 Å². The second-order valence-electron chi connectivity index (χ2n) is 6.81. The number of amides is 1. The molecule has 30 heavy (non-hydrogen) atoms. The van der Waals surface area contributed by atoms with Crippen molar-refractivity contribution in [1.29, 1.82) is 5.41 Å². The molecule has 0 fully saturated rings. The maximum atomic E-state index is 12.7. The van der Waals surface area contributed by atoms with Crippen molar-refractivity contribution in [2.24, 2.45) is 5.92 Å². The summed E-state index contributed by atoms with van der Waals surface area (Å²) in [6, 6.07) is 7.40. The van der Waals surface area contributed by atoms with Gasteiger partial charge in [-0.3, -0.25) is 9.36 Å². The molecule has 4 rings (SSSR count). The van der Waals surface area contributed by atoms with Gasteiger partial charge in [-0.1, -0.05) is 13.0 Å². The molecule has 3 aromatic rings. The Morgan fingerprint density at radius 1 is 1.27 bits per heavy atom. The molecule has 1 unspecified atom stereocenters. The van der Waals surface area contributed by atoms with Crippen LogP contribution < -0.4 is 14.8 Å². The number of rotatable bonds is 8. The summed E-state index contributed by atoms with van der Waals surface area (Å²) in [7, 11) is 0. The zero-order valence-corrected chi connectivity index (χ0v) is 16.5. The summed E-state index contributed by atoms with van der Waals surface area (Å²) in [4.78, 5) is 25.3. The predicted molar refractivity (Wildman–Crippen MR) is 109 cm³/mol. The molecule has 1 aliphatic heterocycles. The molecule has 2 aromatic heterocycles. The lowest BCUT2D eigenvalue weighted by Gasteiger charge is -2.16. The number of carbonyl (C=O) groups excluding carboxylic acids is 1. The first-order valence-electron chi connectivity index (χ1n) is 9.72. The molecule has 1 aliphatic rings. The fourth-order valence-corrected chi connectivity index (χ4v) is 3.25. The van der Waals surface area contributed by atoms with Crippen LogP contribution in [-0.2, 0) is 11.2 Å². The summed E-state index contributed by atoms with van der Waals surface area (Å²) < 4.78 is 12.4. The van der Waals surface area contributed by atoms with Gasteiger partial charge in [0.15, 0.2) is 11.5 Å². The third-order valence-electron chi connectivity index (χ3n) is 4.88. The van der Waals surface area contributed by atoms with Crippen LogP contribution >= 0.6 is 0 Å². The fraction of sp³-hybridized carbons (Fsp3) is 0.286. The zero-order chi connectivity index (χ0) is 20.9. The van der Waals surface area contributed by atoms with E-state index in [0.717, 1.165) is 17.1 Å². The van der Waals surface area contributed by atoms with Crippen molar-refractivity contribution in [2.75, 3.05) is 13.3 Å². The maximum absolute atomic E-state index is 12.7. The Kier molecular flexibility index (Phi) is 5.69. The van der Waals surface area contributed by atoms with Gasteiger partial charge >= 0.3 is 0 Å². The van der Waals surface area contributed by atoms with E-state index in [1.165, 1.54) is 0 Å². The zero-order valence-electron chi connectivity index (χ0n) is 16.5. The van der Waals surface area contributed by atoms with Crippen LogP contribution in [0.25, 0.3) is 5.95 Å². The van der Waals surface area contributed by atoms with Gasteiger partial charge in [0.25, 0.3) is 0 Å². The Bertz CT molecular complexity index is 1050. The second kappa shape index (κ2) is 8.73. The molecule has 0 saturated carbocycles. The van der Waals surface area contributed by atoms with Gasteiger partial charge in [-0.25, -0.2) is 15.0 Å². The van der Waals surface area contributed by atoms with Gasteiger partial charge in [-0.05, 0) is 36.6 Å². The number of nitrogens with zero attached hydrogens (tertiary/aromatic N) is 4. The third-order valence-corrected chi connectivity index (χ3v) is 4.88. The monoisotopic (exact) mass is 406 g/mol. The van der Waals surface area contributed by atoms with Crippen LogP contribution in [0, 0.1) is 11.3 Å². The number of hydrogen-bond acceptors (Lipinski definition) is 7. The summed E-state index contributed by atoms with van der Waals surface area (Å²) >= 11 is 0. The number of benzene rings is 1. The minimum Gasteiger partial charge on any atom is -0.454 e. The van der Waals surface area contributed by atoms with Crippen LogP contribution in [0.3, 0.4) is 0 Å². The van der Waals surface area contributed by atoms with Gasteiger partial charge in [0.1, 0.15) is 6.33 Å². The van der Waals surface area contributed by atoms with Crippen molar-refractivity contribution >= 4 is 11.6 Å². The lowest BCUT2D eigenvalue weighted by Crippen LogP contribution is -2.36. The van der Waals surface area contributed by atoms with E-state index in [9.17, 15) is 4.79 Å². The summed E-state index contributed by atoms with van der Waals surface area (Å²) in [5, 5.41) is 11.4. The standard InChI is InChI=1S/C21H22N6O3/c1-2-15(19(22)16-6-8-25-21(26-16)27-10-9-23-12-27)20(28)24-7-5-14-3-4-17-18(11-14)30-13-29-17/h3-4,6,8-12,15,22H,2,5,7,13H2,1H3,(H,24,28). The number of carbonyl (C=O) groups is 1. The molecule has 1 atom stereocenters. The highest BCUT2D eigenvalue weighted by atomic mass is 16.7.